The van der Waals surface area contributed by atoms with Gasteiger partial charge in [0.1, 0.15) is 11.6 Å². The van der Waals surface area contributed by atoms with E-state index in [9.17, 15) is 9.18 Å². The number of hydrogen-bond donors (Lipinski definition) is 1. The van der Waals surface area contributed by atoms with E-state index in [4.69, 9.17) is 4.74 Å². The molecule has 0 spiro atoms. The number of thioether (sulfide) groups is 1. The van der Waals surface area contributed by atoms with E-state index < -0.39 is 0 Å². The van der Waals surface area contributed by atoms with Gasteiger partial charge in [-0.3, -0.25) is 4.79 Å². The molecule has 23 heavy (non-hydrogen) atoms. The van der Waals surface area contributed by atoms with E-state index in [0.29, 0.717) is 28.1 Å². The van der Waals surface area contributed by atoms with Crippen LogP contribution in [0.4, 0.5) is 4.39 Å². The first-order chi connectivity index (χ1) is 11.1. The molecule has 0 radical (unpaired) electrons. The Labute approximate surface area is 147 Å². The highest BCUT2D eigenvalue weighted by atomic mass is 79.9. The first kappa shape index (κ1) is 17.8. The van der Waals surface area contributed by atoms with Crippen LogP contribution in [0.1, 0.15) is 11.1 Å². The van der Waals surface area contributed by atoms with Gasteiger partial charge in [-0.1, -0.05) is 34.1 Å². The Balaban J connectivity index is 1.74. The predicted octanol–water partition coefficient (Wildman–Crippen LogP) is 4.15. The van der Waals surface area contributed by atoms with Gasteiger partial charge in [-0.15, -0.1) is 11.8 Å². The van der Waals surface area contributed by atoms with E-state index >= 15 is 0 Å². The lowest BCUT2D eigenvalue weighted by molar-refractivity contribution is -0.118. The van der Waals surface area contributed by atoms with Crippen LogP contribution < -0.4 is 10.1 Å². The predicted molar refractivity (Wildman–Crippen MR) is 95.1 cm³/mol. The Kier molecular flexibility index (Phi) is 6.92. The van der Waals surface area contributed by atoms with Gasteiger partial charge < -0.3 is 10.1 Å². The summed E-state index contributed by atoms with van der Waals surface area (Å²) in [7, 11) is 1.61. The highest BCUT2D eigenvalue weighted by molar-refractivity contribution is 9.10. The van der Waals surface area contributed by atoms with E-state index in [1.165, 1.54) is 17.8 Å². The lowest BCUT2D eigenvalue weighted by Gasteiger charge is -2.07. The normalized spacial score (nSPS) is 10.4. The molecule has 0 heterocycles. The second kappa shape index (κ2) is 8.93. The third kappa shape index (κ3) is 5.88. The summed E-state index contributed by atoms with van der Waals surface area (Å²) in [6, 6.07) is 12.5. The van der Waals surface area contributed by atoms with Gasteiger partial charge in [0.05, 0.1) is 12.9 Å². The van der Waals surface area contributed by atoms with Crippen molar-refractivity contribution in [1.29, 1.82) is 0 Å². The molecule has 0 aliphatic heterocycles. The van der Waals surface area contributed by atoms with Crippen molar-refractivity contribution in [3.63, 3.8) is 0 Å². The molecule has 0 aliphatic carbocycles. The van der Waals surface area contributed by atoms with Gasteiger partial charge >= 0.3 is 0 Å². The lowest BCUT2D eigenvalue weighted by atomic mass is 10.2. The summed E-state index contributed by atoms with van der Waals surface area (Å²) in [6.45, 7) is 0.448. The molecular formula is C17H17BrFNO2S. The summed E-state index contributed by atoms with van der Waals surface area (Å²) in [6.07, 6.45) is 0. The topological polar surface area (TPSA) is 38.3 Å². The van der Waals surface area contributed by atoms with Crippen molar-refractivity contribution < 1.29 is 13.9 Å². The van der Waals surface area contributed by atoms with Crippen LogP contribution in [0.2, 0.25) is 0 Å². The van der Waals surface area contributed by atoms with Gasteiger partial charge in [-0.25, -0.2) is 4.39 Å². The summed E-state index contributed by atoms with van der Waals surface area (Å²) in [5, 5.41) is 2.84. The van der Waals surface area contributed by atoms with E-state index in [0.717, 1.165) is 11.3 Å². The smallest absolute Gasteiger partial charge is 0.230 e. The third-order valence-electron chi connectivity index (χ3n) is 3.13. The summed E-state index contributed by atoms with van der Waals surface area (Å²) in [5.74, 6) is 1.18. The molecule has 1 N–H and O–H groups in total. The first-order valence-electron chi connectivity index (χ1n) is 7.00. The SMILES string of the molecule is COc1cccc(CNC(=O)CSCc2ccc(Br)cc2F)c1. The molecule has 2 aromatic carbocycles. The molecule has 0 aliphatic rings. The number of rotatable bonds is 7. The number of carbonyl (C=O) groups is 1. The Morgan fingerprint density at radius 3 is 2.87 bits per heavy atom. The lowest BCUT2D eigenvalue weighted by Crippen LogP contribution is -2.24. The molecule has 0 bridgehead atoms. The van der Waals surface area contributed by atoms with Crippen molar-refractivity contribution in [1.82, 2.24) is 5.32 Å². The maximum absolute atomic E-state index is 13.7. The number of benzene rings is 2. The zero-order chi connectivity index (χ0) is 16.7. The maximum atomic E-state index is 13.7. The third-order valence-corrected chi connectivity index (χ3v) is 4.60. The van der Waals surface area contributed by atoms with E-state index in [-0.39, 0.29) is 11.7 Å². The number of nitrogens with one attached hydrogen (secondary N) is 1. The Bertz CT molecular complexity index is 681. The van der Waals surface area contributed by atoms with Crippen molar-refractivity contribution in [2.45, 2.75) is 12.3 Å². The largest absolute Gasteiger partial charge is 0.497 e. The number of ether oxygens (including phenoxy) is 1. The number of methoxy groups -OCH3 is 1. The summed E-state index contributed by atoms with van der Waals surface area (Å²) in [4.78, 5) is 11.8. The minimum atomic E-state index is -0.260. The van der Waals surface area contributed by atoms with Gasteiger partial charge in [0.25, 0.3) is 0 Å². The van der Waals surface area contributed by atoms with Crippen molar-refractivity contribution in [3.8, 4) is 5.75 Å². The molecule has 1 amide bonds. The summed E-state index contributed by atoms with van der Waals surface area (Å²) in [5.41, 5.74) is 1.57. The van der Waals surface area contributed by atoms with E-state index in [1.807, 2.05) is 24.3 Å². The van der Waals surface area contributed by atoms with Crippen LogP contribution >= 0.6 is 27.7 Å². The van der Waals surface area contributed by atoms with E-state index in [2.05, 4.69) is 21.2 Å². The molecule has 3 nitrogen and oxygen atoms in total. The minimum absolute atomic E-state index is 0.0738. The maximum Gasteiger partial charge on any atom is 0.230 e. The van der Waals surface area contributed by atoms with Crippen LogP contribution in [0, 0.1) is 5.82 Å². The van der Waals surface area contributed by atoms with Crippen LogP contribution in [-0.2, 0) is 17.1 Å². The highest BCUT2D eigenvalue weighted by Gasteiger charge is 2.06. The first-order valence-corrected chi connectivity index (χ1v) is 8.94. The standard InChI is InChI=1S/C17H17BrFNO2S/c1-22-15-4-2-3-12(7-15)9-20-17(21)11-23-10-13-5-6-14(18)8-16(13)19/h2-8H,9-11H2,1H3,(H,20,21). The second-order valence-electron chi connectivity index (χ2n) is 4.86. The fraction of sp³-hybridized carbons (Fsp3) is 0.235. The Morgan fingerprint density at radius 1 is 1.30 bits per heavy atom. The fourth-order valence-electron chi connectivity index (χ4n) is 1.93. The molecule has 0 aromatic heterocycles. The molecule has 0 fully saturated rings. The van der Waals surface area contributed by atoms with Crippen LogP contribution in [0.3, 0.4) is 0 Å². The summed E-state index contributed by atoms with van der Waals surface area (Å²) >= 11 is 4.61. The fourth-order valence-corrected chi connectivity index (χ4v) is 3.10. The molecule has 6 heteroatoms. The van der Waals surface area contributed by atoms with Crippen LogP contribution in [0.5, 0.6) is 5.75 Å². The molecule has 2 aromatic rings. The zero-order valence-corrected chi connectivity index (χ0v) is 15.0. The molecular weight excluding hydrogens is 381 g/mol. The average Bonchev–Trinajstić information content (AvgIpc) is 2.55. The number of amides is 1. The van der Waals surface area contributed by atoms with Gasteiger partial charge in [-0.2, -0.15) is 0 Å². The molecule has 122 valence electrons. The molecule has 0 saturated heterocycles. The van der Waals surface area contributed by atoms with Crippen LogP contribution in [0.15, 0.2) is 46.9 Å². The van der Waals surface area contributed by atoms with Crippen LogP contribution in [-0.4, -0.2) is 18.8 Å². The van der Waals surface area contributed by atoms with Crippen LogP contribution in [0.25, 0.3) is 0 Å². The minimum Gasteiger partial charge on any atom is -0.497 e. The summed E-state index contributed by atoms with van der Waals surface area (Å²) < 4.78 is 19.5. The van der Waals surface area contributed by atoms with Crippen molar-refractivity contribution >= 4 is 33.6 Å². The van der Waals surface area contributed by atoms with Gasteiger partial charge in [0, 0.05) is 16.8 Å². The zero-order valence-electron chi connectivity index (χ0n) is 12.6. The highest BCUT2D eigenvalue weighted by Crippen LogP contribution is 2.19. The van der Waals surface area contributed by atoms with Crippen molar-refractivity contribution in [3.05, 3.63) is 63.9 Å². The second-order valence-corrected chi connectivity index (χ2v) is 6.76. The van der Waals surface area contributed by atoms with Crippen molar-refractivity contribution in [2.75, 3.05) is 12.9 Å². The van der Waals surface area contributed by atoms with Gasteiger partial charge in [0.15, 0.2) is 0 Å². The average molecular weight is 398 g/mol. The molecule has 2 rings (SSSR count). The number of carbonyl (C=O) groups excluding carboxylic acids is 1. The monoisotopic (exact) mass is 397 g/mol. The van der Waals surface area contributed by atoms with Crippen molar-refractivity contribution in [2.24, 2.45) is 0 Å². The molecule has 0 unspecified atom stereocenters. The van der Waals surface area contributed by atoms with Gasteiger partial charge in [0.2, 0.25) is 5.91 Å². The molecule has 0 saturated carbocycles. The Morgan fingerprint density at radius 2 is 2.13 bits per heavy atom. The Hall–Kier alpha value is -1.53. The van der Waals surface area contributed by atoms with Gasteiger partial charge in [-0.05, 0) is 35.4 Å². The quantitative estimate of drug-likeness (QED) is 0.762. The number of hydrogen-bond acceptors (Lipinski definition) is 3. The molecule has 0 atom stereocenters. The number of halogens is 2. The van der Waals surface area contributed by atoms with E-state index in [1.54, 1.807) is 19.2 Å².